The number of para-hydroxylation sites is 2. The van der Waals surface area contributed by atoms with E-state index in [-0.39, 0.29) is 16.5 Å². The molecule has 6 nitrogen and oxygen atoms in total. The molecule has 0 spiro atoms. The molecule has 0 aliphatic rings. The zero-order valence-corrected chi connectivity index (χ0v) is 17.7. The summed E-state index contributed by atoms with van der Waals surface area (Å²) in [5.74, 6) is -0.855. The molecule has 0 atom stereocenters. The summed E-state index contributed by atoms with van der Waals surface area (Å²) in [5.41, 5.74) is 1.28. The van der Waals surface area contributed by atoms with Gasteiger partial charge in [0.05, 0.1) is 22.7 Å². The second-order valence-corrected chi connectivity index (χ2v) is 8.82. The summed E-state index contributed by atoms with van der Waals surface area (Å²) >= 11 is 6.12. The monoisotopic (exact) mass is 442 g/mol. The van der Waals surface area contributed by atoms with Crippen LogP contribution in [-0.4, -0.2) is 32.9 Å². The molecule has 0 saturated heterocycles. The number of ketones is 1. The van der Waals surface area contributed by atoms with Crippen molar-refractivity contribution in [3.63, 3.8) is 0 Å². The number of sulfonamides is 1. The lowest BCUT2D eigenvalue weighted by Crippen LogP contribution is -2.37. The summed E-state index contributed by atoms with van der Waals surface area (Å²) in [5, 5.41) is 2.85. The van der Waals surface area contributed by atoms with E-state index < -0.39 is 22.5 Å². The van der Waals surface area contributed by atoms with Crippen LogP contribution in [0.2, 0.25) is 5.02 Å². The fourth-order valence-electron chi connectivity index (χ4n) is 2.89. The number of benzene rings is 3. The summed E-state index contributed by atoms with van der Waals surface area (Å²) < 4.78 is 25.5. The average molecular weight is 443 g/mol. The third kappa shape index (κ3) is 5.06. The summed E-state index contributed by atoms with van der Waals surface area (Å²) in [6.45, 7) is -0.490. The van der Waals surface area contributed by atoms with Gasteiger partial charge in [-0.1, -0.05) is 66.2 Å². The summed E-state index contributed by atoms with van der Waals surface area (Å²) in [4.78, 5) is 25.5. The Kier molecular flexibility index (Phi) is 6.54. The maximum Gasteiger partial charge on any atom is 0.245 e. The van der Waals surface area contributed by atoms with E-state index in [0.29, 0.717) is 16.8 Å². The number of nitrogens with one attached hydrogen (secondary N) is 1. The Morgan fingerprint density at radius 2 is 1.50 bits per heavy atom. The van der Waals surface area contributed by atoms with Crippen LogP contribution in [0.15, 0.2) is 78.9 Å². The van der Waals surface area contributed by atoms with Crippen molar-refractivity contribution in [2.75, 3.05) is 22.4 Å². The molecule has 0 heterocycles. The Balaban J connectivity index is 1.86. The fraction of sp³-hybridized carbons (Fsp3) is 0.0909. The maximum atomic E-state index is 12.8. The predicted octanol–water partition coefficient (Wildman–Crippen LogP) is 3.98. The molecule has 0 saturated carbocycles. The van der Waals surface area contributed by atoms with Crippen molar-refractivity contribution in [1.82, 2.24) is 0 Å². The quantitative estimate of drug-likeness (QED) is 0.561. The number of hydrogen-bond acceptors (Lipinski definition) is 4. The van der Waals surface area contributed by atoms with Gasteiger partial charge in [0.1, 0.15) is 6.54 Å². The van der Waals surface area contributed by atoms with Crippen LogP contribution in [0, 0.1) is 0 Å². The largest absolute Gasteiger partial charge is 0.324 e. The number of nitrogens with zero attached hydrogens (tertiary/aromatic N) is 1. The minimum Gasteiger partial charge on any atom is -0.324 e. The first-order valence-electron chi connectivity index (χ1n) is 8.98. The molecular weight excluding hydrogens is 424 g/mol. The maximum absolute atomic E-state index is 12.8. The minimum atomic E-state index is -3.78. The van der Waals surface area contributed by atoms with Gasteiger partial charge in [-0.05, 0) is 24.3 Å². The van der Waals surface area contributed by atoms with E-state index in [9.17, 15) is 18.0 Å². The molecule has 3 aromatic rings. The van der Waals surface area contributed by atoms with Gasteiger partial charge in [0.2, 0.25) is 15.9 Å². The molecule has 3 aromatic carbocycles. The average Bonchev–Trinajstić information content (AvgIpc) is 2.72. The van der Waals surface area contributed by atoms with Crippen LogP contribution in [0.3, 0.4) is 0 Å². The van der Waals surface area contributed by atoms with Crippen molar-refractivity contribution in [2.24, 2.45) is 0 Å². The molecule has 0 bridgehead atoms. The molecule has 0 aliphatic heterocycles. The summed E-state index contributed by atoms with van der Waals surface area (Å²) in [6.07, 6.45) is 0.997. The van der Waals surface area contributed by atoms with E-state index in [1.54, 1.807) is 72.8 Å². The number of amides is 1. The minimum absolute atomic E-state index is 0.200. The lowest BCUT2D eigenvalue weighted by molar-refractivity contribution is -0.114. The van der Waals surface area contributed by atoms with Crippen molar-refractivity contribution in [3.05, 3.63) is 95.0 Å². The molecule has 0 fully saturated rings. The molecule has 30 heavy (non-hydrogen) atoms. The summed E-state index contributed by atoms with van der Waals surface area (Å²) in [7, 11) is -3.78. The van der Waals surface area contributed by atoms with Crippen LogP contribution >= 0.6 is 11.6 Å². The van der Waals surface area contributed by atoms with Crippen LogP contribution < -0.4 is 9.62 Å². The van der Waals surface area contributed by atoms with Crippen molar-refractivity contribution >= 4 is 44.7 Å². The lowest BCUT2D eigenvalue weighted by Gasteiger charge is -2.23. The highest BCUT2D eigenvalue weighted by Gasteiger charge is 2.23. The van der Waals surface area contributed by atoms with Crippen molar-refractivity contribution in [2.45, 2.75) is 0 Å². The third-order valence-electron chi connectivity index (χ3n) is 4.29. The molecule has 1 N–H and O–H groups in total. The SMILES string of the molecule is CS(=O)(=O)N(CC(=O)Nc1ccccc1C(=O)c1ccccc1)c1ccccc1Cl. The molecule has 0 aliphatic carbocycles. The zero-order valence-electron chi connectivity index (χ0n) is 16.1. The number of hydrogen-bond donors (Lipinski definition) is 1. The fourth-order valence-corrected chi connectivity index (χ4v) is 4.05. The number of carbonyl (C=O) groups is 2. The van der Waals surface area contributed by atoms with Crippen LogP contribution in [0.25, 0.3) is 0 Å². The first-order chi connectivity index (χ1) is 14.3. The van der Waals surface area contributed by atoms with Gasteiger partial charge in [0.25, 0.3) is 0 Å². The highest BCUT2D eigenvalue weighted by Crippen LogP contribution is 2.27. The van der Waals surface area contributed by atoms with Gasteiger partial charge >= 0.3 is 0 Å². The van der Waals surface area contributed by atoms with E-state index in [0.717, 1.165) is 10.6 Å². The van der Waals surface area contributed by atoms with E-state index in [2.05, 4.69) is 5.32 Å². The highest BCUT2D eigenvalue weighted by atomic mass is 35.5. The van der Waals surface area contributed by atoms with Gasteiger partial charge in [-0.25, -0.2) is 8.42 Å². The van der Waals surface area contributed by atoms with Gasteiger partial charge in [-0.15, -0.1) is 0 Å². The summed E-state index contributed by atoms with van der Waals surface area (Å²) in [6, 6.07) is 21.6. The van der Waals surface area contributed by atoms with Gasteiger partial charge in [0.15, 0.2) is 5.78 Å². The topological polar surface area (TPSA) is 83.6 Å². The molecule has 0 aromatic heterocycles. The standard InChI is InChI=1S/C22H19ClN2O4S/c1-30(28,29)25(20-14-8-6-12-18(20)23)15-21(26)24-19-13-7-5-11-17(19)22(27)16-9-3-2-4-10-16/h2-14H,15H2,1H3,(H,24,26). The Hall–Kier alpha value is -3.16. The molecule has 1 amide bonds. The van der Waals surface area contributed by atoms with E-state index >= 15 is 0 Å². The smallest absolute Gasteiger partial charge is 0.245 e. The Labute approximate surface area is 180 Å². The Bertz CT molecular complexity index is 1180. The van der Waals surface area contributed by atoms with Crippen LogP contribution in [0.5, 0.6) is 0 Å². The number of halogens is 1. The molecule has 8 heteroatoms. The van der Waals surface area contributed by atoms with E-state index in [4.69, 9.17) is 11.6 Å². The molecule has 154 valence electrons. The van der Waals surface area contributed by atoms with Crippen molar-refractivity contribution < 1.29 is 18.0 Å². The molecule has 0 unspecified atom stereocenters. The van der Waals surface area contributed by atoms with Gasteiger partial charge in [-0.2, -0.15) is 0 Å². The van der Waals surface area contributed by atoms with Gasteiger partial charge in [-0.3, -0.25) is 13.9 Å². The molecular formula is C22H19ClN2O4S. The predicted molar refractivity (Wildman–Crippen MR) is 119 cm³/mol. The van der Waals surface area contributed by atoms with Crippen molar-refractivity contribution in [1.29, 1.82) is 0 Å². The second-order valence-electron chi connectivity index (χ2n) is 6.51. The number of carbonyl (C=O) groups excluding carboxylic acids is 2. The van der Waals surface area contributed by atoms with Crippen molar-refractivity contribution in [3.8, 4) is 0 Å². The molecule has 0 radical (unpaired) electrons. The van der Waals surface area contributed by atoms with E-state index in [1.807, 2.05) is 0 Å². The van der Waals surface area contributed by atoms with Crippen LogP contribution in [-0.2, 0) is 14.8 Å². The lowest BCUT2D eigenvalue weighted by atomic mass is 10.0. The van der Waals surface area contributed by atoms with Gasteiger partial charge in [0, 0.05) is 11.1 Å². The number of rotatable bonds is 7. The first-order valence-corrected chi connectivity index (χ1v) is 11.2. The third-order valence-corrected chi connectivity index (χ3v) is 5.74. The highest BCUT2D eigenvalue weighted by molar-refractivity contribution is 7.92. The van der Waals surface area contributed by atoms with Gasteiger partial charge < -0.3 is 5.32 Å². The zero-order chi connectivity index (χ0) is 21.7. The number of anilines is 2. The van der Waals surface area contributed by atoms with Crippen LogP contribution in [0.1, 0.15) is 15.9 Å². The first kappa shape index (κ1) is 21.5. The van der Waals surface area contributed by atoms with E-state index in [1.165, 1.54) is 6.07 Å². The Morgan fingerprint density at radius 1 is 0.900 bits per heavy atom. The van der Waals surface area contributed by atoms with Crippen LogP contribution in [0.4, 0.5) is 11.4 Å². The second kappa shape index (κ2) is 9.11. The normalized spacial score (nSPS) is 11.0. The molecule has 3 rings (SSSR count). The Morgan fingerprint density at radius 3 is 2.17 bits per heavy atom.